The average molecular weight is 379 g/mol. The van der Waals surface area contributed by atoms with Gasteiger partial charge in [-0.1, -0.05) is 13.8 Å². The standard InChI is InChI=1S/C18H25N3O4S/c1-4-21(5-2)26(23,24)17-10-8-15(9-11-17)19-18(22)14-20(3)13-16-7-6-12-25-16/h6-12H,4-5,13-14H2,1-3H3,(H,19,22). The van der Waals surface area contributed by atoms with Crippen LogP contribution < -0.4 is 5.32 Å². The molecule has 0 aliphatic rings. The number of carbonyl (C=O) groups is 1. The van der Waals surface area contributed by atoms with Gasteiger partial charge in [0, 0.05) is 18.8 Å². The Morgan fingerprint density at radius 2 is 1.77 bits per heavy atom. The maximum atomic E-state index is 12.4. The number of likely N-dealkylation sites (N-methyl/N-ethyl adjacent to an activating group) is 1. The molecular weight excluding hydrogens is 354 g/mol. The number of hydrogen-bond acceptors (Lipinski definition) is 5. The van der Waals surface area contributed by atoms with E-state index in [0.717, 1.165) is 5.76 Å². The van der Waals surface area contributed by atoms with E-state index in [2.05, 4.69) is 5.32 Å². The molecule has 0 fully saturated rings. The predicted molar refractivity (Wildman–Crippen MR) is 100 cm³/mol. The second kappa shape index (κ2) is 8.98. The highest BCUT2D eigenvalue weighted by molar-refractivity contribution is 7.89. The van der Waals surface area contributed by atoms with Crippen LogP contribution in [0.1, 0.15) is 19.6 Å². The zero-order valence-corrected chi connectivity index (χ0v) is 16.1. The summed E-state index contributed by atoms with van der Waals surface area (Å²) in [6.07, 6.45) is 1.59. The van der Waals surface area contributed by atoms with E-state index in [9.17, 15) is 13.2 Å². The van der Waals surface area contributed by atoms with E-state index in [0.29, 0.717) is 25.3 Å². The first kappa shape index (κ1) is 20.2. The molecule has 0 saturated heterocycles. The Morgan fingerprint density at radius 1 is 1.12 bits per heavy atom. The molecule has 0 aliphatic carbocycles. The lowest BCUT2D eigenvalue weighted by molar-refractivity contribution is -0.117. The first-order chi connectivity index (χ1) is 12.4. The maximum absolute atomic E-state index is 12.4. The number of hydrogen-bond donors (Lipinski definition) is 1. The van der Waals surface area contributed by atoms with Crippen molar-refractivity contribution in [3.8, 4) is 0 Å². The average Bonchev–Trinajstić information content (AvgIpc) is 3.08. The van der Waals surface area contributed by atoms with Gasteiger partial charge in [0.2, 0.25) is 15.9 Å². The summed E-state index contributed by atoms with van der Waals surface area (Å²) < 4.78 is 31.5. The van der Waals surface area contributed by atoms with Crippen molar-refractivity contribution < 1.29 is 17.6 Å². The SMILES string of the molecule is CCN(CC)S(=O)(=O)c1ccc(NC(=O)CN(C)Cc2ccco2)cc1. The van der Waals surface area contributed by atoms with E-state index in [1.54, 1.807) is 38.3 Å². The van der Waals surface area contributed by atoms with E-state index in [-0.39, 0.29) is 17.3 Å². The molecule has 0 unspecified atom stereocenters. The lowest BCUT2D eigenvalue weighted by Crippen LogP contribution is -2.31. The Kier molecular flexibility index (Phi) is 6.96. The Balaban J connectivity index is 1.95. The van der Waals surface area contributed by atoms with Crippen LogP contribution in [-0.2, 0) is 21.4 Å². The molecule has 1 amide bonds. The van der Waals surface area contributed by atoms with Crippen molar-refractivity contribution in [2.75, 3.05) is 32.0 Å². The summed E-state index contributed by atoms with van der Waals surface area (Å²) in [5.41, 5.74) is 0.555. The zero-order valence-electron chi connectivity index (χ0n) is 15.3. The lowest BCUT2D eigenvalue weighted by atomic mass is 10.3. The van der Waals surface area contributed by atoms with Gasteiger partial charge < -0.3 is 9.73 Å². The quantitative estimate of drug-likeness (QED) is 0.723. The van der Waals surface area contributed by atoms with Gasteiger partial charge in [-0.05, 0) is 43.4 Å². The number of benzene rings is 1. The third kappa shape index (κ3) is 5.17. The van der Waals surface area contributed by atoms with E-state index in [1.165, 1.54) is 16.4 Å². The van der Waals surface area contributed by atoms with Crippen molar-refractivity contribution in [3.05, 3.63) is 48.4 Å². The molecule has 0 aliphatic heterocycles. The molecule has 1 heterocycles. The largest absolute Gasteiger partial charge is 0.468 e. The Hall–Kier alpha value is -2.16. The van der Waals surface area contributed by atoms with Gasteiger partial charge in [-0.2, -0.15) is 4.31 Å². The molecule has 2 aromatic rings. The fourth-order valence-electron chi connectivity index (χ4n) is 2.59. The molecule has 0 bridgehead atoms. The summed E-state index contributed by atoms with van der Waals surface area (Å²) in [6.45, 7) is 5.16. The predicted octanol–water partition coefficient (Wildman–Crippen LogP) is 2.38. The van der Waals surface area contributed by atoms with Gasteiger partial charge in [-0.3, -0.25) is 9.69 Å². The molecule has 0 spiro atoms. The molecule has 8 heteroatoms. The van der Waals surface area contributed by atoms with Crippen molar-refractivity contribution >= 4 is 21.6 Å². The minimum Gasteiger partial charge on any atom is -0.468 e. The Bertz CT molecular complexity index is 797. The third-order valence-corrected chi connectivity index (χ3v) is 5.96. The van der Waals surface area contributed by atoms with Crippen molar-refractivity contribution in [1.29, 1.82) is 0 Å². The van der Waals surface area contributed by atoms with Crippen LogP contribution in [0.25, 0.3) is 0 Å². The fourth-order valence-corrected chi connectivity index (χ4v) is 4.05. The third-order valence-electron chi connectivity index (χ3n) is 3.90. The van der Waals surface area contributed by atoms with Crippen LogP contribution in [0.5, 0.6) is 0 Å². The second-order valence-electron chi connectivity index (χ2n) is 5.91. The minimum atomic E-state index is -3.49. The van der Waals surface area contributed by atoms with Gasteiger partial charge in [0.15, 0.2) is 0 Å². The van der Waals surface area contributed by atoms with Crippen molar-refractivity contribution in [2.24, 2.45) is 0 Å². The topological polar surface area (TPSA) is 82.9 Å². The number of sulfonamides is 1. The number of nitrogens with zero attached hydrogens (tertiary/aromatic N) is 2. The smallest absolute Gasteiger partial charge is 0.243 e. The molecule has 26 heavy (non-hydrogen) atoms. The van der Waals surface area contributed by atoms with Gasteiger partial charge >= 0.3 is 0 Å². The molecule has 0 atom stereocenters. The number of furan rings is 1. The lowest BCUT2D eigenvalue weighted by Gasteiger charge is -2.18. The van der Waals surface area contributed by atoms with Crippen LogP contribution in [0.4, 0.5) is 5.69 Å². The van der Waals surface area contributed by atoms with Gasteiger partial charge in [-0.15, -0.1) is 0 Å². The highest BCUT2D eigenvalue weighted by Crippen LogP contribution is 2.18. The zero-order chi connectivity index (χ0) is 19.2. The highest BCUT2D eigenvalue weighted by Gasteiger charge is 2.21. The van der Waals surface area contributed by atoms with Crippen molar-refractivity contribution in [1.82, 2.24) is 9.21 Å². The first-order valence-corrected chi connectivity index (χ1v) is 9.91. The number of nitrogens with one attached hydrogen (secondary N) is 1. The van der Waals surface area contributed by atoms with E-state index >= 15 is 0 Å². The highest BCUT2D eigenvalue weighted by atomic mass is 32.2. The summed E-state index contributed by atoms with van der Waals surface area (Å²) in [4.78, 5) is 14.2. The van der Waals surface area contributed by atoms with Gasteiger partial charge in [0.25, 0.3) is 0 Å². The van der Waals surface area contributed by atoms with Crippen LogP contribution in [0.2, 0.25) is 0 Å². The number of anilines is 1. The normalized spacial score (nSPS) is 11.9. The molecule has 1 aromatic carbocycles. The van der Waals surface area contributed by atoms with Crippen molar-refractivity contribution in [2.45, 2.75) is 25.3 Å². The summed E-state index contributed by atoms with van der Waals surface area (Å²) in [6, 6.07) is 9.87. The van der Waals surface area contributed by atoms with Gasteiger partial charge in [0.05, 0.1) is 24.2 Å². The molecule has 7 nitrogen and oxygen atoms in total. The Labute approximate surface area is 154 Å². The van der Waals surface area contributed by atoms with Crippen LogP contribution in [0, 0.1) is 0 Å². The second-order valence-corrected chi connectivity index (χ2v) is 7.85. The van der Waals surface area contributed by atoms with Crippen molar-refractivity contribution in [3.63, 3.8) is 0 Å². The van der Waals surface area contributed by atoms with E-state index in [1.807, 2.05) is 18.0 Å². The van der Waals surface area contributed by atoms with E-state index < -0.39 is 10.0 Å². The molecular formula is C18H25N3O4S. The van der Waals surface area contributed by atoms with Gasteiger partial charge in [-0.25, -0.2) is 8.42 Å². The first-order valence-electron chi connectivity index (χ1n) is 8.47. The van der Waals surface area contributed by atoms with Crippen LogP contribution >= 0.6 is 0 Å². The number of carbonyl (C=O) groups excluding carboxylic acids is 1. The monoisotopic (exact) mass is 379 g/mol. The molecule has 0 radical (unpaired) electrons. The Morgan fingerprint density at radius 3 is 2.31 bits per heavy atom. The van der Waals surface area contributed by atoms with E-state index in [4.69, 9.17) is 4.42 Å². The van der Waals surface area contributed by atoms with Crippen LogP contribution in [0.15, 0.2) is 52.0 Å². The van der Waals surface area contributed by atoms with Crippen LogP contribution in [-0.4, -0.2) is 50.2 Å². The molecule has 1 N–H and O–H groups in total. The molecule has 1 aromatic heterocycles. The molecule has 142 valence electrons. The number of rotatable bonds is 9. The summed E-state index contributed by atoms with van der Waals surface area (Å²) in [5, 5.41) is 2.77. The molecule has 0 saturated carbocycles. The van der Waals surface area contributed by atoms with Crippen LogP contribution in [0.3, 0.4) is 0 Å². The minimum absolute atomic E-state index is 0.182. The fraction of sp³-hybridized carbons (Fsp3) is 0.389. The number of amides is 1. The summed E-state index contributed by atoms with van der Waals surface area (Å²) in [5.74, 6) is 0.602. The summed E-state index contributed by atoms with van der Waals surface area (Å²) >= 11 is 0. The summed E-state index contributed by atoms with van der Waals surface area (Å²) in [7, 11) is -1.67. The van der Waals surface area contributed by atoms with Gasteiger partial charge in [0.1, 0.15) is 5.76 Å². The molecule has 2 rings (SSSR count). The maximum Gasteiger partial charge on any atom is 0.243 e.